The summed E-state index contributed by atoms with van der Waals surface area (Å²) < 4.78 is 51.6. The van der Waals surface area contributed by atoms with Gasteiger partial charge in [-0.15, -0.1) is 11.8 Å². The van der Waals surface area contributed by atoms with Gasteiger partial charge in [-0.1, -0.05) is 27.2 Å². The van der Waals surface area contributed by atoms with Crippen molar-refractivity contribution in [2.45, 2.75) is 107 Å². The molecule has 2 saturated heterocycles. The molecule has 37 heavy (non-hydrogen) atoms. The van der Waals surface area contributed by atoms with E-state index in [1.54, 1.807) is 18.7 Å². The number of aliphatic hydroxyl groups excluding tert-OH is 1. The van der Waals surface area contributed by atoms with Crippen LogP contribution in [0.5, 0.6) is 0 Å². The van der Waals surface area contributed by atoms with Crippen LogP contribution in [0.3, 0.4) is 0 Å². The number of rotatable bonds is 5. The zero-order valence-corrected chi connectivity index (χ0v) is 22.7. The molecule has 2 aliphatic heterocycles. The Labute approximate surface area is 221 Å². The van der Waals surface area contributed by atoms with Crippen molar-refractivity contribution < 1.29 is 37.7 Å². The first-order chi connectivity index (χ1) is 17.5. The van der Waals surface area contributed by atoms with Crippen LogP contribution in [0.1, 0.15) is 72.1 Å². The molecule has 6 aliphatic rings. The lowest BCUT2D eigenvalue weighted by atomic mass is 9.44. The van der Waals surface area contributed by atoms with Crippen LogP contribution in [-0.2, 0) is 23.8 Å². The van der Waals surface area contributed by atoms with Gasteiger partial charge >= 0.3 is 5.97 Å². The fourth-order valence-corrected chi connectivity index (χ4v) is 10.7. The molecule has 11 atom stereocenters. The number of ether oxygens (including phenoxy) is 3. The van der Waals surface area contributed by atoms with Crippen molar-refractivity contribution in [1.29, 1.82) is 0 Å². The van der Waals surface area contributed by atoms with Crippen molar-refractivity contribution >= 4 is 23.5 Å². The number of allylic oxidation sites excluding steroid dienone is 1. The number of hydrogen-bond acceptors (Lipinski definition) is 7. The summed E-state index contributed by atoms with van der Waals surface area (Å²) in [5.41, 5.74) is -3.76. The number of carbonyl (C=O) groups excluding carboxylic acids is 2. The first-order valence-corrected chi connectivity index (χ1v) is 14.9. The summed E-state index contributed by atoms with van der Waals surface area (Å²) in [7, 11) is 0. The van der Waals surface area contributed by atoms with E-state index in [-0.39, 0.29) is 60.9 Å². The average molecular weight is 541 g/mol. The standard InChI is InChI=1S/C28H38F2O6S/c1-4-5-23-35-22-12-17-18-11-20(29)19-10-16(31)6-8-25(19,2)27(18,30)21(32)13-26(17,3)28(22,36-23)37-14-15-7-9-34-24(15)33/h10,15,17-18,20-23,32H,4-9,11-14H2,1-3H3/t15?,17-,18-,20-,21-,22+,23+,25-,26-,27-,28-/m0/s1. The molecule has 6 rings (SSSR count). The third-order valence-corrected chi connectivity index (χ3v) is 12.6. The zero-order chi connectivity index (χ0) is 26.4. The Morgan fingerprint density at radius 1 is 1.22 bits per heavy atom. The Morgan fingerprint density at radius 2 is 2.00 bits per heavy atom. The number of ketones is 1. The van der Waals surface area contributed by atoms with Crippen LogP contribution in [0.2, 0.25) is 0 Å². The van der Waals surface area contributed by atoms with Crippen molar-refractivity contribution in [2.24, 2.45) is 28.6 Å². The highest BCUT2D eigenvalue weighted by atomic mass is 32.2. The molecule has 0 aromatic heterocycles. The summed E-state index contributed by atoms with van der Waals surface area (Å²) in [5.74, 6) is -1.12. The first-order valence-electron chi connectivity index (χ1n) is 13.9. The fourth-order valence-electron chi connectivity index (χ4n) is 8.83. The molecule has 9 heteroatoms. The fraction of sp³-hybridized carbons (Fsp3) is 0.857. The number of cyclic esters (lactones) is 1. The van der Waals surface area contributed by atoms with Crippen LogP contribution < -0.4 is 0 Å². The van der Waals surface area contributed by atoms with Gasteiger partial charge in [-0.25, -0.2) is 8.78 Å². The molecule has 0 bridgehead atoms. The van der Waals surface area contributed by atoms with E-state index in [0.717, 1.165) is 12.8 Å². The lowest BCUT2D eigenvalue weighted by Gasteiger charge is -2.64. The van der Waals surface area contributed by atoms with E-state index in [1.165, 1.54) is 6.08 Å². The van der Waals surface area contributed by atoms with Gasteiger partial charge in [0, 0.05) is 28.9 Å². The molecule has 0 radical (unpaired) electrons. The van der Waals surface area contributed by atoms with E-state index < -0.39 is 45.9 Å². The number of esters is 1. The predicted octanol–water partition coefficient (Wildman–Crippen LogP) is 4.67. The number of halogens is 2. The zero-order valence-electron chi connectivity index (χ0n) is 21.8. The largest absolute Gasteiger partial charge is 0.465 e. The van der Waals surface area contributed by atoms with Gasteiger partial charge in [-0.05, 0) is 56.1 Å². The van der Waals surface area contributed by atoms with Crippen molar-refractivity contribution in [3.8, 4) is 0 Å². The molecule has 2 heterocycles. The Balaban J connectivity index is 1.38. The van der Waals surface area contributed by atoms with Crippen molar-refractivity contribution in [1.82, 2.24) is 0 Å². The Morgan fingerprint density at radius 3 is 2.70 bits per heavy atom. The molecular formula is C28H38F2O6S. The van der Waals surface area contributed by atoms with E-state index >= 15 is 8.78 Å². The average Bonchev–Trinajstić information content (AvgIpc) is 3.48. The van der Waals surface area contributed by atoms with E-state index in [4.69, 9.17) is 14.2 Å². The molecule has 6 nitrogen and oxygen atoms in total. The Bertz CT molecular complexity index is 1020. The van der Waals surface area contributed by atoms with Crippen molar-refractivity contribution in [3.05, 3.63) is 11.6 Å². The van der Waals surface area contributed by atoms with E-state index in [9.17, 15) is 14.7 Å². The number of thioether (sulfide) groups is 1. The van der Waals surface area contributed by atoms with Gasteiger partial charge in [0.1, 0.15) is 16.8 Å². The Kier molecular flexibility index (Phi) is 6.19. The quantitative estimate of drug-likeness (QED) is 0.508. The molecule has 0 aromatic carbocycles. The highest BCUT2D eigenvalue weighted by Gasteiger charge is 2.78. The summed E-state index contributed by atoms with van der Waals surface area (Å²) >= 11 is 1.55. The normalized spacial score (nSPS) is 52.7. The van der Waals surface area contributed by atoms with Crippen molar-refractivity contribution in [2.75, 3.05) is 12.4 Å². The minimum Gasteiger partial charge on any atom is -0.465 e. The number of fused-ring (bicyclic) bond motifs is 7. The maximum Gasteiger partial charge on any atom is 0.309 e. The van der Waals surface area contributed by atoms with Gasteiger partial charge in [0.2, 0.25) is 0 Å². The predicted molar refractivity (Wildman–Crippen MR) is 133 cm³/mol. The minimum atomic E-state index is -2.05. The SMILES string of the molecule is CCC[C@@H]1O[C@@H]2C[C@H]3[C@@H]4C[C@H](F)C5=CC(=O)CC[C@]5(C)[C@@]4(F)[C@@H](O)C[C@]3(C)[C@]2(SCC2CCOC2=O)O1. The molecule has 4 aliphatic carbocycles. The van der Waals surface area contributed by atoms with Crippen LogP contribution in [0.15, 0.2) is 11.6 Å². The summed E-state index contributed by atoms with van der Waals surface area (Å²) in [6.45, 7) is 6.22. The molecule has 0 amide bonds. The second-order valence-corrected chi connectivity index (χ2v) is 13.8. The van der Waals surface area contributed by atoms with Gasteiger partial charge in [-0.2, -0.15) is 0 Å². The summed E-state index contributed by atoms with van der Waals surface area (Å²) in [6, 6.07) is 0. The van der Waals surface area contributed by atoms with Gasteiger partial charge in [0.05, 0.1) is 24.7 Å². The second kappa shape index (κ2) is 8.73. The molecular weight excluding hydrogens is 502 g/mol. The van der Waals surface area contributed by atoms with Gasteiger partial charge in [0.15, 0.2) is 12.1 Å². The van der Waals surface area contributed by atoms with Gasteiger partial charge in [0.25, 0.3) is 0 Å². The van der Waals surface area contributed by atoms with Crippen LogP contribution in [0.4, 0.5) is 8.78 Å². The lowest BCUT2D eigenvalue weighted by Crippen LogP contribution is -2.70. The number of alkyl halides is 2. The topological polar surface area (TPSA) is 82.1 Å². The van der Waals surface area contributed by atoms with Gasteiger partial charge in [-0.3, -0.25) is 9.59 Å². The summed E-state index contributed by atoms with van der Waals surface area (Å²) in [4.78, 5) is 23.5. The van der Waals surface area contributed by atoms with Crippen LogP contribution in [0, 0.1) is 28.6 Å². The van der Waals surface area contributed by atoms with E-state index in [1.807, 2.05) is 6.92 Å². The highest BCUT2D eigenvalue weighted by Crippen LogP contribution is 2.74. The van der Waals surface area contributed by atoms with Gasteiger partial charge < -0.3 is 19.3 Å². The highest BCUT2D eigenvalue weighted by molar-refractivity contribution is 8.00. The van der Waals surface area contributed by atoms with Crippen molar-refractivity contribution in [3.63, 3.8) is 0 Å². The van der Waals surface area contributed by atoms with Crippen LogP contribution in [0.25, 0.3) is 0 Å². The minimum absolute atomic E-state index is 0.0661. The first kappa shape index (κ1) is 26.2. The maximum atomic E-state index is 17.5. The van der Waals surface area contributed by atoms with Crippen LogP contribution in [-0.4, -0.2) is 64.5 Å². The molecule has 3 saturated carbocycles. The number of aliphatic hydroxyl groups is 1. The molecule has 5 fully saturated rings. The third-order valence-electron chi connectivity index (χ3n) is 10.8. The molecule has 0 aromatic rings. The summed E-state index contributed by atoms with van der Waals surface area (Å²) in [5, 5.41) is 11.7. The van der Waals surface area contributed by atoms with Crippen LogP contribution >= 0.6 is 11.8 Å². The maximum absolute atomic E-state index is 17.5. The third kappa shape index (κ3) is 3.39. The monoisotopic (exact) mass is 540 g/mol. The summed E-state index contributed by atoms with van der Waals surface area (Å²) in [6.07, 6.45) is 1.00. The van der Waals surface area contributed by atoms with E-state index in [2.05, 4.69) is 6.92 Å². The van der Waals surface area contributed by atoms with E-state index in [0.29, 0.717) is 25.2 Å². The smallest absolute Gasteiger partial charge is 0.309 e. The molecule has 1 unspecified atom stereocenters. The lowest BCUT2D eigenvalue weighted by molar-refractivity contribution is -0.232. The number of carbonyl (C=O) groups is 2. The second-order valence-electron chi connectivity index (χ2n) is 12.5. The number of hydrogen-bond donors (Lipinski definition) is 1. The molecule has 206 valence electrons. The molecule has 1 N–H and O–H groups in total. The Hall–Kier alpha value is -1.03. The molecule has 0 spiro atoms.